The summed E-state index contributed by atoms with van der Waals surface area (Å²) in [5.41, 5.74) is 11.3. The molecule has 6 heteroatoms. The molecule has 2 aromatic carbocycles. The zero-order chi connectivity index (χ0) is 22.0. The van der Waals surface area contributed by atoms with E-state index in [2.05, 4.69) is 16.0 Å². The fraction of sp³-hybridized carbons (Fsp3) is 0.400. The zero-order valence-corrected chi connectivity index (χ0v) is 18.5. The molecule has 0 bridgehead atoms. The number of carbonyl (C=O) groups is 1. The van der Waals surface area contributed by atoms with E-state index in [0.717, 1.165) is 46.4 Å². The van der Waals surface area contributed by atoms with E-state index >= 15 is 0 Å². The molecule has 1 aliphatic rings. The normalized spacial score (nSPS) is 13.9. The molecular weight excluding hydrogens is 390 g/mol. The molecule has 4 rings (SSSR count). The summed E-state index contributed by atoms with van der Waals surface area (Å²) in [5.74, 6) is 1.13. The molecule has 0 saturated heterocycles. The highest BCUT2D eigenvalue weighted by molar-refractivity contribution is 6.02. The minimum absolute atomic E-state index is 0.299. The Morgan fingerprint density at radius 3 is 2.55 bits per heavy atom. The van der Waals surface area contributed by atoms with Crippen LogP contribution >= 0.6 is 0 Å². The molecule has 164 valence electrons. The number of anilines is 2. The van der Waals surface area contributed by atoms with Crippen molar-refractivity contribution in [3.8, 4) is 17.0 Å². The number of hydrogen-bond donors (Lipinski definition) is 2. The van der Waals surface area contributed by atoms with Gasteiger partial charge in [0, 0.05) is 22.7 Å². The summed E-state index contributed by atoms with van der Waals surface area (Å²) in [6.45, 7) is 7.00. The monoisotopic (exact) mass is 421 g/mol. The van der Waals surface area contributed by atoms with Gasteiger partial charge in [0.2, 0.25) is 0 Å². The van der Waals surface area contributed by atoms with Gasteiger partial charge in [-0.3, -0.25) is 5.32 Å². The van der Waals surface area contributed by atoms with E-state index in [4.69, 9.17) is 15.2 Å². The standard InChI is InChI=1S/C25H31N3O3/c1-4-30-20-12-13-22-21(14-20)23(26)24(28(22)19-6-5-7-19)17-8-10-18(11-9-17)27-25(29)31-15-16(2)3/h8-14,16,19H,4-7,15,26H2,1-3H3,(H,27,29). The van der Waals surface area contributed by atoms with Crippen LogP contribution in [0.3, 0.4) is 0 Å². The van der Waals surface area contributed by atoms with E-state index in [0.29, 0.717) is 30.9 Å². The average molecular weight is 422 g/mol. The first-order chi connectivity index (χ1) is 15.0. The maximum absolute atomic E-state index is 11.9. The van der Waals surface area contributed by atoms with Crippen molar-refractivity contribution < 1.29 is 14.3 Å². The van der Waals surface area contributed by atoms with Crippen molar-refractivity contribution in [3.63, 3.8) is 0 Å². The predicted molar refractivity (Wildman–Crippen MR) is 126 cm³/mol. The topological polar surface area (TPSA) is 78.5 Å². The van der Waals surface area contributed by atoms with Crippen molar-refractivity contribution in [2.45, 2.75) is 46.1 Å². The smallest absolute Gasteiger partial charge is 0.411 e. The highest BCUT2D eigenvalue weighted by Gasteiger charge is 2.27. The Morgan fingerprint density at radius 2 is 1.94 bits per heavy atom. The van der Waals surface area contributed by atoms with Gasteiger partial charge in [-0.05, 0) is 62.4 Å². The number of ether oxygens (including phenoxy) is 2. The number of nitrogens with one attached hydrogen (secondary N) is 1. The van der Waals surface area contributed by atoms with Crippen LogP contribution < -0.4 is 15.8 Å². The van der Waals surface area contributed by atoms with Gasteiger partial charge in [-0.15, -0.1) is 0 Å². The van der Waals surface area contributed by atoms with Crippen LogP contribution in [0, 0.1) is 5.92 Å². The maximum atomic E-state index is 11.9. The third-order valence-electron chi connectivity index (χ3n) is 5.72. The quantitative estimate of drug-likeness (QED) is 0.475. The molecule has 3 aromatic rings. The van der Waals surface area contributed by atoms with Gasteiger partial charge in [-0.25, -0.2) is 4.79 Å². The van der Waals surface area contributed by atoms with Crippen LogP contribution in [0.1, 0.15) is 46.1 Å². The second-order valence-corrected chi connectivity index (χ2v) is 8.52. The number of hydrogen-bond acceptors (Lipinski definition) is 4. The number of rotatable bonds is 7. The molecule has 1 aromatic heterocycles. The van der Waals surface area contributed by atoms with Gasteiger partial charge in [0.15, 0.2) is 0 Å². The van der Waals surface area contributed by atoms with Crippen molar-refractivity contribution in [2.75, 3.05) is 24.3 Å². The number of amides is 1. The van der Waals surface area contributed by atoms with E-state index in [9.17, 15) is 4.79 Å². The molecule has 0 spiro atoms. The predicted octanol–water partition coefficient (Wildman–Crippen LogP) is 6.22. The SMILES string of the molecule is CCOc1ccc2c(c1)c(N)c(-c1ccc(NC(=O)OCC(C)C)cc1)n2C1CCC1. The van der Waals surface area contributed by atoms with Crippen LogP contribution in [0.5, 0.6) is 5.75 Å². The number of carbonyl (C=O) groups excluding carboxylic acids is 1. The average Bonchev–Trinajstić information content (AvgIpc) is 2.98. The van der Waals surface area contributed by atoms with Gasteiger partial charge in [-0.2, -0.15) is 0 Å². The van der Waals surface area contributed by atoms with Crippen molar-refractivity contribution in [1.29, 1.82) is 0 Å². The van der Waals surface area contributed by atoms with Crippen molar-refractivity contribution >= 4 is 28.4 Å². The van der Waals surface area contributed by atoms with Crippen LogP contribution in [0.15, 0.2) is 42.5 Å². The Hall–Kier alpha value is -3.15. The highest BCUT2D eigenvalue weighted by atomic mass is 16.5. The summed E-state index contributed by atoms with van der Waals surface area (Å²) in [5, 5.41) is 3.80. The van der Waals surface area contributed by atoms with Crippen LogP contribution in [0.25, 0.3) is 22.2 Å². The lowest BCUT2D eigenvalue weighted by Crippen LogP contribution is -2.18. The Balaban J connectivity index is 1.66. The number of fused-ring (bicyclic) bond motifs is 1. The molecule has 1 saturated carbocycles. The van der Waals surface area contributed by atoms with Gasteiger partial charge in [-0.1, -0.05) is 26.0 Å². The summed E-state index contributed by atoms with van der Waals surface area (Å²) in [4.78, 5) is 11.9. The number of benzene rings is 2. The van der Waals surface area contributed by atoms with Gasteiger partial charge in [0.1, 0.15) is 5.75 Å². The third-order valence-corrected chi connectivity index (χ3v) is 5.72. The minimum Gasteiger partial charge on any atom is -0.494 e. The minimum atomic E-state index is -0.437. The molecule has 0 atom stereocenters. The zero-order valence-electron chi connectivity index (χ0n) is 18.5. The molecule has 31 heavy (non-hydrogen) atoms. The molecule has 0 unspecified atom stereocenters. The molecule has 3 N–H and O–H groups in total. The number of nitrogen functional groups attached to an aromatic ring is 1. The summed E-state index contributed by atoms with van der Waals surface area (Å²) in [6.07, 6.45) is 3.12. The number of nitrogens with zero attached hydrogens (tertiary/aromatic N) is 1. The molecule has 1 fully saturated rings. The number of nitrogens with two attached hydrogens (primary N) is 1. The fourth-order valence-corrected chi connectivity index (χ4v) is 4.00. The van der Waals surface area contributed by atoms with Gasteiger partial charge in [0.05, 0.1) is 30.1 Å². The molecule has 6 nitrogen and oxygen atoms in total. The van der Waals surface area contributed by atoms with E-state index in [1.165, 1.54) is 6.42 Å². The second-order valence-electron chi connectivity index (χ2n) is 8.52. The van der Waals surface area contributed by atoms with Crippen molar-refractivity contribution in [1.82, 2.24) is 4.57 Å². The van der Waals surface area contributed by atoms with Crippen LogP contribution in [-0.2, 0) is 4.74 Å². The lowest BCUT2D eigenvalue weighted by atomic mass is 9.92. The first-order valence-corrected chi connectivity index (χ1v) is 11.1. The molecular formula is C25H31N3O3. The summed E-state index contributed by atoms with van der Waals surface area (Å²) < 4.78 is 13.3. The highest BCUT2D eigenvalue weighted by Crippen LogP contribution is 2.44. The van der Waals surface area contributed by atoms with E-state index in [-0.39, 0.29) is 0 Å². The fourth-order valence-electron chi connectivity index (χ4n) is 4.00. The van der Waals surface area contributed by atoms with E-state index in [1.807, 2.05) is 57.2 Å². The van der Waals surface area contributed by atoms with E-state index in [1.54, 1.807) is 0 Å². The van der Waals surface area contributed by atoms with Gasteiger partial charge in [0.25, 0.3) is 0 Å². The largest absolute Gasteiger partial charge is 0.494 e. The maximum Gasteiger partial charge on any atom is 0.411 e. The second kappa shape index (κ2) is 8.92. The van der Waals surface area contributed by atoms with Gasteiger partial charge < -0.3 is 19.8 Å². The van der Waals surface area contributed by atoms with Crippen molar-refractivity contribution in [2.24, 2.45) is 5.92 Å². The lowest BCUT2D eigenvalue weighted by molar-refractivity contribution is 0.147. The molecule has 1 amide bonds. The first kappa shape index (κ1) is 21.1. The van der Waals surface area contributed by atoms with E-state index < -0.39 is 6.09 Å². The Kier molecular flexibility index (Phi) is 6.07. The van der Waals surface area contributed by atoms with Crippen molar-refractivity contribution in [3.05, 3.63) is 42.5 Å². The Bertz CT molecular complexity index is 1070. The van der Waals surface area contributed by atoms with Crippen LogP contribution in [-0.4, -0.2) is 23.9 Å². The lowest BCUT2D eigenvalue weighted by Gasteiger charge is -2.30. The van der Waals surface area contributed by atoms with Crippen LogP contribution in [0.2, 0.25) is 0 Å². The van der Waals surface area contributed by atoms with Crippen LogP contribution in [0.4, 0.5) is 16.2 Å². The molecule has 0 aliphatic heterocycles. The summed E-state index contributed by atoms with van der Waals surface area (Å²) >= 11 is 0. The number of aromatic nitrogens is 1. The molecule has 0 radical (unpaired) electrons. The molecule has 1 heterocycles. The Labute approximate surface area is 183 Å². The summed E-state index contributed by atoms with van der Waals surface area (Å²) in [7, 11) is 0. The molecule has 1 aliphatic carbocycles. The third kappa shape index (κ3) is 4.33. The Morgan fingerprint density at radius 1 is 1.19 bits per heavy atom. The van der Waals surface area contributed by atoms with Gasteiger partial charge >= 0.3 is 6.09 Å². The summed E-state index contributed by atoms with van der Waals surface area (Å²) in [6, 6.07) is 14.4. The first-order valence-electron chi connectivity index (χ1n) is 11.1.